The molecule has 0 fully saturated rings. The third-order valence-corrected chi connectivity index (χ3v) is 3.57. The highest BCUT2D eigenvalue weighted by atomic mass is 16.5. The summed E-state index contributed by atoms with van der Waals surface area (Å²) in [6.07, 6.45) is 3.30. The first-order chi connectivity index (χ1) is 9.56. The number of carbonyl (C=O) groups excluding carboxylic acids is 1. The molecule has 4 nitrogen and oxygen atoms in total. The van der Waals surface area contributed by atoms with Crippen LogP contribution >= 0.6 is 0 Å². The number of ether oxygens (including phenoxy) is 1. The number of nitrogens with zero attached hydrogens (tertiary/aromatic N) is 1. The Labute approximate surface area is 119 Å². The summed E-state index contributed by atoms with van der Waals surface area (Å²) >= 11 is 0. The fraction of sp³-hybridized carbons (Fsp3) is 0.438. The molecule has 0 aliphatic carbocycles. The molecule has 1 aromatic carbocycles. The van der Waals surface area contributed by atoms with E-state index in [-0.39, 0.29) is 5.97 Å². The Balaban J connectivity index is 2.54. The first-order valence-corrected chi connectivity index (χ1v) is 6.92. The zero-order valence-electron chi connectivity index (χ0n) is 12.4. The maximum atomic E-state index is 11.6. The van der Waals surface area contributed by atoms with Crippen molar-refractivity contribution >= 4 is 16.9 Å². The minimum atomic E-state index is -0.206. The lowest BCUT2D eigenvalue weighted by molar-refractivity contribution is -0.139. The van der Waals surface area contributed by atoms with Crippen LogP contribution in [0.15, 0.2) is 18.3 Å². The van der Waals surface area contributed by atoms with Gasteiger partial charge in [-0.15, -0.1) is 0 Å². The lowest BCUT2D eigenvalue weighted by Crippen LogP contribution is -2.05. The Kier molecular flexibility index (Phi) is 4.45. The Bertz CT molecular complexity index is 629. The lowest BCUT2D eigenvalue weighted by Gasteiger charge is -2.06. The van der Waals surface area contributed by atoms with Gasteiger partial charge >= 0.3 is 5.97 Å². The number of rotatable bonds is 5. The number of hydrogen-bond donors (Lipinski definition) is 1. The van der Waals surface area contributed by atoms with Gasteiger partial charge < -0.3 is 15.0 Å². The standard InChI is InChI=1S/C16H22N2O2/c1-11-7-12(2)16-13(9-15(19)20-3)10-18(6-4-5-17)14(16)8-11/h7-8,10H,4-6,9,17H2,1-3H3. The molecule has 0 radical (unpaired) electrons. The predicted molar refractivity (Wildman–Crippen MR) is 80.8 cm³/mol. The fourth-order valence-corrected chi connectivity index (χ4v) is 2.72. The van der Waals surface area contributed by atoms with Gasteiger partial charge in [0, 0.05) is 23.6 Å². The van der Waals surface area contributed by atoms with E-state index in [4.69, 9.17) is 10.5 Å². The lowest BCUT2D eigenvalue weighted by atomic mass is 10.0. The Morgan fingerprint density at radius 1 is 1.35 bits per heavy atom. The van der Waals surface area contributed by atoms with E-state index >= 15 is 0 Å². The second-order valence-electron chi connectivity index (χ2n) is 5.22. The van der Waals surface area contributed by atoms with Crippen molar-refractivity contribution in [3.05, 3.63) is 35.0 Å². The molecule has 20 heavy (non-hydrogen) atoms. The van der Waals surface area contributed by atoms with E-state index in [1.807, 2.05) is 0 Å². The zero-order chi connectivity index (χ0) is 14.7. The summed E-state index contributed by atoms with van der Waals surface area (Å²) in [5, 5.41) is 1.16. The largest absolute Gasteiger partial charge is 0.469 e. The van der Waals surface area contributed by atoms with Crippen LogP contribution in [0.25, 0.3) is 10.9 Å². The molecule has 2 rings (SSSR count). The molecule has 1 heterocycles. The summed E-state index contributed by atoms with van der Waals surface area (Å²) in [6, 6.07) is 4.32. The molecule has 108 valence electrons. The van der Waals surface area contributed by atoms with E-state index < -0.39 is 0 Å². The summed E-state index contributed by atoms with van der Waals surface area (Å²) in [6.45, 7) is 5.71. The molecule has 2 N–H and O–H groups in total. The van der Waals surface area contributed by atoms with Crippen molar-refractivity contribution in [3.8, 4) is 0 Å². The number of aromatic nitrogens is 1. The quantitative estimate of drug-likeness (QED) is 0.851. The predicted octanol–water partition coefficient (Wildman–Crippen LogP) is 2.32. The summed E-state index contributed by atoms with van der Waals surface area (Å²) in [5.74, 6) is -0.206. The van der Waals surface area contributed by atoms with Crippen molar-refractivity contribution in [2.75, 3.05) is 13.7 Å². The van der Waals surface area contributed by atoms with Gasteiger partial charge in [0.1, 0.15) is 0 Å². The smallest absolute Gasteiger partial charge is 0.310 e. The second-order valence-corrected chi connectivity index (χ2v) is 5.22. The van der Waals surface area contributed by atoms with Crippen LogP contribution in [0.5, 0.6) is 0 Å². The fourth-order valence-electron chi connectivity index (χ4n) is 2.72. The second kappa shape index (κ2) is 6.09. The van der Waals surface area contributed by atoms with Crippen molar-refractivity contribution in [2.45, 2.75) is 33.2 Å². The van der Waals surface area contributed by atoms with Crippen LogP contribution < -0.4 is 5.73 Å². The number of aryl methyl sites for hydroxylation is 3. The van der Waals surface area contributed by atoms with Gasteiger partial charge in [0.2, 0.25) is 0 Å². The molecule has 0 spiro atoms. The summed E-state index contributed by atoms with van der Waals surface area (Å²) < 4.78 is 6.98. The number of methoxy groups -OCH3 is 1. The van der Waals surface area contributed by atoms with Crippen molar-refractivity contribution in [3.63, 3.8) is 0 Å². The SMILES string of the molecule is COC(=O)Cc1cn(CCCN)c2cc(C)cc(C)c12. The van der Waals surface area contributed by atoms with E-state index in [9.17, 15) is 4.79 Å². The van der Waals surface area contributed by atoms with Gasteiger partial charge in [0.25, 0.3) is 0 Å². The van der Waals surface area contributed by atoms with Gasteiger partial charge in [-0.25, -0.2) is 0 Å². The van der Waals surface area contributed by atoms with Gasteiger partial charge in [-0.3, -0.25) is 4.79 Å². The topological polar surface area (TPSA) is 57.2 Å². The third-order valence-electron chi connectivity index (χ3n) is 3.57. The first kappa shape index (κ1) is 14.6. The number of esters is 1. The number of carbonyl (C=O) groups is 1. The summed E-state index contributed by atoms with van der Waals surface area (Å²) in [5.41, 5.74) is 10.2. The van der Waals surface area contributed by atoms with Crippen molar-refractivity contribution in [2.24, 2.45) is 5.73 Å². The van der Waals surface area contributed by atoms with Gasteiger partial charge in [-0.1, -0.05) is 6.07 Å². The van der Waals surface area contributed by atoms with Crippen LogP contribution in [0.2, 0.25) is 0 Å². The molecule has 1 aromatic heterocycles. The minimum absolute atomic E-state index is 0.206. The molecular formula is C16H22N2O2. The van der Waals surface area contributed by atoms with Gasteiger partial charge in [0.15, 0.2) is 0 Å². The minimum Gasteiger partial charge on any atom is -0.469 e. The average Bonchev–Trinajstić information content (AvgIpc) is 2.74. The van der Waals surface area contributed by atoms with E-state index in [1.165, 1.54) is 23.8 Å². The molecular weight excluding hydrogens is 252 g/mol. The maximum Gasteiger partial charge on any atom is 0.310 e. The van der Waals surface area contributed by atoms with E-state index in [2.05, 4.69) is 36.7 Å². The molecule has 0 atom stereocenters. The van der Waals surface area contributed by atoms with Crippen molar-refractivity contribution in [1.29, 1.82) is 0 Å². The molecule has 0 amide bonds. The Morgan fingerprint density at radius 3 is 2.75 bits per heavy atom. The van der Waals surface area contributed by atoms with Gasteiger partial charge in [-0.05, 0) is 49.6 Å². The number of fused-ring (bicyclic) bond motifs is 1. The van der Waals surface area contributed by atoms with E-state index in [1.54, 1.807) is 0 Å². The van der Waals surface area contributed by atoms with E-state index in [0.29, 0.717) is 13.0 Å². The number of benzene rings is 1. The highest BCUT2D eigenvalue weighted by Crippen LogP contribution is 2.27. The van der Waals surface area contributed by atoms with Crippen LogP contribution in [0.4, 0.5) is 0 Å². The molecule has 4 heteroatoms. The number of hydrogen-bond acceptors (Lipinski definition) is 3. The Hall–Kier alpha value is -1.81. The van der Waals surface area contributed by atoms with Crippen LogP contribution in [0, 0.1) is 13.8 Å². The highest BCUT2D eigenvalue weighted by molar-refractivity contribution is 5.91. The van der Waals surface area contributed by atoms with Crippen molar-refractivity contribution in [1.82, 2.24) is 4.57 Å². The van der Waals surface area contributed by atoms with Gasteiger partial charge in [-0.2, -0.15) is 0 Å². The summed E-state index contributed by atoms with van der Waals surface area (Å²) in [4.78, 5) is 11.6. The van der Waals surface area contributed by atoms with Crippen LogP contribution in [0.3, 0.4) is 0 Å². The highest BCUT2D eigenvalue weighted by Gasteiger charge is 2.14. The molecule has 0 saturated carbocycles. The molecule has 0 unspecified atom stereocenters. The summed E-state index contributed by atoms with van der Waals surface area (Å²) in [7, 11) is 1.42. The van der Waals surface area contributed by atoms with Crippen LogP contribution in [0.1, 0.15) is 23.1 Å². The zero-order valence-corrected chi connectivity index (χ0v) is 12.4. The van der Waals surface area contributed by atoms with Crippen molar-refractivity contribution < 1.29 is 9.53 Å². The monoisotopic (exact) mass is 274 g/mol. The molecule has 0 bridgehead atoms. The normalized spacial score (nSPS) is 11.0. The van der Waals surface area contributed by atoms with Gasteiger partial charge in [0.05, 0.1) is 13.5 Å². The Morgan fingerprint density at radius 2 is 2.10 bits per heavy atom. The average molecular weight is 274 g/mol. The molecule has 0 aliphatic rings. The first-order valence-electron chi connectivity index (χ1n) is 6.92. The number of nitrogens with two attached hydrogens (primary N) is 1. The van der Waals surface area contributed by atoms with E-state index in [0.717, 1.165) is 23.9 Å². The molecule has 0 aliphatic heterocycles. The third kappa shape index (κ3) is 2.85. The maximum absolute atomic E-state index is 11.6. The van der Waals surface area contributed by atoms with Crippen LogP contribution in [-0.2, 0) is 22.5 Å². The van der Waals surface area contributed by atoms with Crippen LogP contribution in [-0.4, -0.2) is 24.2 Å². The molecule has 2 aromatic rings. The molecule has 0 saturated heterocycles.